The van der Waals surface area contributed by atoms with Gasteiger partial charge in [0.1, 0.15) is 0 Å². The van der Waals surface area contributed by atoms with Crippen LogP contribution < -0.4 is 5.73 Å². The van der Waals surface area contributed by atoms with Gasteiger partial charge in [-0.1, -0.05) is 34.6 Å². The summed E-state index contributed by atoms with van der Waals surface area (Å²) in [7, 11) is 0. The van der Waals surface area contributed by atoms with Crippen LogP contribution in [0.2, 0.25) is 0 Å². The first-order valence-electron chi connectivity index (χ1n) is 6.51. The van der Waals surface area contributed by atoms with Crippen LogP contribution in [0, 0.1) is 5.41 Å². The van der Waals surface area contributed by atoms with Gasteiger partial charge >= 0.3 is 0 Å². The highest BCUT2D eigenvalue weighted by molar-refractivity contribution is 5.88. The summed E-state index contributed by atoms with van der Waals surface area (Å²) in [6.45, 7) is 13.6. The van der Waals surface area contributed by atoms with E-state index in [1.165, 1.54) is 0 Å². The summed E-state index contributed by atoms with van der Waals surface area (Å²) in [5, 5.41) is 0. The number of morpholine rings is 1. The molecule has 0 amide bonds. The first kappa shape index (κ1) is 16.6. The topological polar surface area (TPSA) is 55.6 Å². The molecule has 4 nitrogen and oxygen atoms in total. The molecule has 1 fully saturated rings. The molecule has 0 aliphatic carbocycles. The molecule has 102 valence electrons. The highest BCUT2D eigenvalue weighted by atomic mass is 16.5. The van der Waals surface area contributed by atoms with E-state index in [2.05, 4.69) is 4.90 Å². The van der Waals surface area contributed by atoms with Crippen molar-refractivity contribution in [2.75, 3.05) is 32.8 Å². The number of nitrogens with two attached hydrogens (primary N) is 1. The van der Waals surface area contributed by atoms with E-state index >= 15 is 0 Å². The largest absolute Gasteiger partial charge is 0.379 e. The lowest BCUT2D eigenvalue weighted by atomic mass is 9.86. The Morgan fingerprint density at radius 3 is 2.18 bits per heavy atom. The fourth-order valence-corrected chi connectivity index (χ4v) is 1.70. The van der Waals surface area contributed by atoms with E-state index in [1.54, 1.807) is 0 Å². The summed E-state index contributed by atoms with van der Waals surface area (Å²) in [6, 6.07) is -0.372. The molecule has 1 unspecified atom stereocenters. The molecular formula is C13H28N2O2. The Morgan fingerprint density at radius 2 is 1.76 bits per heavy atom. The molecule has 0 spiro atoms. The smallest absolute Gasteiger partial charge is 0.156 e. The van der Waals surface area contributed by atoms with E-state index in [1.807, 2.05) is 34.6 Å². The maximum atomic E-state index is 11.9. The SMILES string of the molecule is CC.CC(C)(C)C(=O)C(N)CN1CCOCC1. The normalized spacial score (nSPS) is 19.2. The Balaban J connectivity index is 0.00000121. The third-order valence-corrected chi connectivity index (χ3v) is 2.63. The van der Waals surface area contributed by atoms with Gasteiger partial charge in [0.15, 0.2) is 5.78 Å². The highest BCUT2D eigenvalue weighted by Gasteiger charge is 2.28. The summed E-state index contributed by atoms with van der Waals surface area (Å²) in [6.07, 6.45) is 0. The van der Waals surface area contributed by atoms with E-state index in [9.17, 15) is 4.79 Å². The molecule has 1 rings (SSSR count). The van der Waals surface area contributed by atoms with Crippen LogP contribution in [-0.4, -0.2) is 49.6 Å². The van der Waals surface area contributed by atoms with Crippen molar-refractivity contribution in [3.05, 3.63) is 0 Å². The molecule has 2 N–H and O–H groups in total. The number of hydrogen-bond acceptors (Lipinski definition) is 4. The lowest BCUT2D eigenvalue weighted by Crippen LogP contribution is -2.49. The molecule has 0 radical (unpaired) electrons. The molecule has 0 aromatic rings. The van der Waals surface area contributed by atoms with Crippen molar-refractivity contribution in [1.29, 1.82) is 0 Å². The number of carbonyl (C=O) groups excluding carboxylic acids is 1. The Hall–Kier alpha value is -0.450. The van der Waals surface area contributed by atoms with Gasteiger partial charge in [-0.25, -0.2) is 0 Å². The summed E-state index contributed by atoms with van der Waals surface area (Å²) < 4.78 is 5.24. The van der Waals surface area contributed by atoms with Crippen LogP contribution in [-0.2, 0) is 9.53 Å². The summed E-state index contributed by atoms with van der Waals surface area (Å²) in [5.41, 5.74) is 5.56. The van der Waals surface area contributed by atoms with Crippen molar-refractivity contribution < 1.29 is 9.53 Å². The number of nitrogens with zero attached hydrogens (tertiary/aromatic N) is 1. The van der Waals surface area contributed by atoms with Crippen molar-refractivity contribution in [3.63, 3.8) is 0 Å². The average molecular weight is 244 g/mol. The molecule has 1 aliphatic heterocycles. The zero-order valence-corrected chi connectivity index (χ0v) is 12.0. The van der Waals surface area contributed by atoms with Gasteiger partial charge in [0.2, 0.25) is 0 Å². The fraction of sp³-hybridized carbons (Fsp3) is 0.923. The van der Waals surface area contributed by atoms with Gasteiger partial charge in [-0.15, -0.1) is 0 Å². The molecule has 1 atom stereocenters. The van der Waals surface area contributed by atoms with Crippen LogP contribution in [0.1, 0.15) is 34.6 Å². The number of carbonyl (C=O) groups is 1. The lowest BCUT2D eigenvalue weighted by molar-refractivity contribution is -0.128. The van der Waals surface area contributed by atoms with Crippen LogP contribution in [0.4, 0.5) is 0 Å². The van der Waals surface area contributed by atoms with Gasteiger partial charge in [0, 0.05) is 25.0 Å². The van der Waals surface area contributed by atoms with E-state index in [0.717, 1.165) is 26.3 Å². The maximum absolute atomic E-state index is 11.9. The minimum absolute atomic E-state index is 0.133. The van der Waals surface area contributed by atoms with Crippen LogP contribution >= 0.6 is 0 Å². The molecule has 0 aromatic heterocycles. The predicted molar refractivity (Wildman–Crippen MR) is 71.0 cm³/mol. The van der Waals surface area contributed by atoms with Gasteiger partial charge in [-0.2, -0.15) is 0 Å². The Kier molecular flexibility index (Phi) is 7.59. The van der Waals surface area contributed by atoms with Crippen molar-refractivity contribution >= 4 is 5.78 Å². The van der Waals surface area contributed by atoms with Crippen LogP contribution in [0.3, 0.4) is 0 Å². The Labute approximate surface area is 105 Å². The Morgan fingerprint density at radius 1 is 1.29 bits per heavy atom. The summed E-state index contributed by atoms with van der Waals surface area (Å²) >= 11 is 0. The molecule has 0 aromatic carbocycles. The Bertz CT molecular complexity index is 218. The second-order valence-electron chi connectivity index (χ2n) is 5.13. The molecule has 0 saturated carbocycles. The second kappa shape index (κ2) is 7.80. The molecular weight excluding hydrogens is 216 g/mol. The molecule has 4 heteroatoms. The quantitative estimate of drug-likeness (QED) is 0.813. The predicted octanol–water partition coefficient (Wildman–Crippen LogP) is 1.29. The minimum atomic E-state index is -0.372. The molecule has 0 bridgehead atoms. The third kappa shape index (κ3) is 6.15. The molecule has 1 heterocycles. The van der Waals surface area contributed by atoms with Gasteiger partial charge in [0.05, 0.1) is 19.3 Å². The van der Waals surface area contributed by atoms with Crippen LogP contribution in [0.15, 0.2) is 0 Å². The zero-order valence-electron chi connectivity index (χ0n) is 12.0. The van der Waals surface area contributed by atoms with E-state index in [4.69, 9.17) is 10.5 Å². The van der Waals surface area contributed by atoms with Crippen molar-refractivity contribution in [1.82, 2.24) is 4.90 Å². The van der Waals surface area contributed by atoms with E-state index < -0.39 is 0 Å². The number of hydrogen-bond donors (Lipinski definition) is 1. The number of ketones is 1. The highest BCUT2D eigenvalue weighted by Crippen LogP contribution is 2.16. The van der Waals surface area contributed by atoms with Crippen molar-refractivity contribution in [2.24, 2.45) is 11.1 Å². The third-order valence-electron chi connectivity index (χ3n) is 2.63. The number of ether oxygens (including phenoxy) is 1. The van der Waals surface area contributed by atoms with E-state index in [0.29, 0.717) is 6.54 Å². The van der Waals surface area contributed by atoms with Crippen molar-refractivity contribution in [2.45, 2.75) is 40.7 Å². The van der Waals surface area contributed by atoms with Gasteiger partial charge in [-0.05, 0) is 0 Å². The molecule has 1 saturated heterocycles. The van der Waals surface area contributed by atoms with Crippen LogP contribution in [0.5, 0.6) is 0 Å². The van der Waals surface area contributed by atoms with Crippen LogP contribution in [0.25, 0.3) is 0 Å². The molecule has 1 aliphatic rings. The first-order valence-corrected chi connectivity index (χ1v) is 6.51. The maximum Gasteiger partial charge on any atom is 0.156 e. The number of rotatable bonds is 3. The standard InChI is InChI=1S/C11H22N2O2.C2H6/c1-11(2,3)10(14)9(12)8-13-4-6-15-7-5-13;1-2/h9H,4-8,12H2,1-3H3;1-2H3. The van der Waals surface area contributed by atoms with Gasteiger partial charge < -0.3 is 10.5 Å². The van der Waals surface area contributed by atoms with Crippen molar-refractivity contribution in [3.8, 4) is 0 Å². The van der Waals surface area contributed by atoms with E-state index in [-0.39, 0.29) is 17.2 Å². The summed E-state index contributed by atoms with van der Waals surface area (Å²) in [5.74, 6) is 0.133. The van der Waals surface area contributed by atoms with Gasteiger partial charge in [0.25, 0.3) is 0 Å². The fourth-order valence-electron chi connectivity index (χ4n) is 1.70. The van der Waals surface area contributed by atoms with Gasteiger partial charge in [-0.3, -0.25) is 9.69 Å². The first-order chi connectivity index (χ1) is 7.91. The monoisotopic (exact) mass is 244 g/mol. The second-order valence-corrected chi connectivity index (χ2v) is 5.13. The number of Topliss-reactive ketones (excluding diaryl/α,β-unsaturated/α-hetero) is 1. The molecule has 17 heavy (non-hydrogen) atoms. The zero-order chi connectivity index (χ0) is 13.5. The average Bonchev–Trinajstić information content (AvgIpc) is 2.30. The summed E-state index contributed by atoms with van der Waals surface area (Å²) in [4.78, 5) is 14.0. The minimum Gasteiger partial charge on any atom is -0.379 e. The lowest BCUT2D eigenvalue weighted by Gasteiger charge is -2.30.